The van der Waals surface area contributed by atoms with E-state index in [0.29, 0.717) is 0 Å². The zero-order chi connectivity index (χ0) is 11.8. The van der Waals surface area contributed by atoms with Gasteiger partial charge in [-0.2, -0.15) is 4.37 Å². The quantitative estimate of drug-likeness (QED) is 0.866. The van der Waals surface area contributed by atoms with Gasteiger partial charge in [-0.1, -0.05) is 39.0 Å². The minimum atomic E-state index is 0.144. The fraction of sp³-hybridized carbons (Fsp3) is 0.462. The average molecular weight is 234 g/mol. The van der Waals surface area contributed by atoms with Crippen molar-refractivity contribution in [1.82, 2.24) is 4.37 Å². The van der Waals surface area contributed by atoms with E-state index >= 15 is 0 Å². The van der Waals surface area contributed by atoms with Gasteiger partial charge in [0, 0.05) is 16.3 Å². The third-order valence-corrected chi connectivity index (χ3v) is 3.87. The molecule has 0 fully saturated rings. The van der Waals surface area contributed by atoms with Gasteiger partial charge in [-0.15, -0.1) is 0 Å². The summed E-state index contributed by atoms with van der Waals surface area (Å²) >= 11 is 1.58. The molecule has 3 heteroatoms. The van der Waals surface area contributed by atoms with Gasteiger partial charge >= 0.3 is 0 Å². The molecule has 0 spiro atoms. The molecule has 1 unspecified atom stereocenters. The molecule has 2 nitrogen and oxygen atoms in total. The Balaban J connectivity index is 2.28. The molecule has 1 heterocycles. The van der Waals surface area contributed by atoms with Crippen molar-refractivity contribution in [2.75, 3.05) is 0 Å². The number of nitrogens with zero attached hydrogens (tertiary/aromatic N) is 1. The third kappa shape index (κ3) is 2.25. The van der Waals surface area contributed by atoms with Crippen molar-refractivity contribution < 1.29 is 0 Å². The molecule has 1 atom stereocenters. The van der Waals surface area contributed by atoms with Crippen molar-refractivity contribution in [2.24, 2.45) is 11.1 Å². The summed E-state index contributed by atoms with van der Waals surface area (Å²) in [6, 6.07) is 8.44. The van der Waals surface area contributed by atoms with E-state index in [4.69, 9.17) is 5.73 Å². The van der Waals surface area contributed by atoms with Crippen LogP contribution in [0.5, 0.6) is 0 Å². The van der Waals surface area contributed by atoms with Gasteiger partial charge in [-0.3, -0.25) is 0 Å². The summed E-state index contributed by atoms with van der Waals surface area (Å²) in [5, 5.41) is 1.26. The molecule has 0 amide bonds. The molecule has 0 aliphatic heterocycles. The fourth-order valence-corrected chi connectivity index (χ4v) is 2.49. The van der Waals surface area contributed by atoms with Crippen molar-refractivity contribution in [3.63, 3.8) is 0 Å². The first-order chi connectivity index (χ1) is 7.48. The van der Waals surface area contributed by atoms with E-state index in [-0.39, 0.29) is 11.5 Å². The second-order valence-electron chi connectivity index (χ2n) is 5.30. The van der Waals surface area contributed by atoms with Crippen LogP contribution in [0.2, 0.25) is 0 Å². The molecule has 86 valence electrons. The number of rotatable bonds is 2. The van der Waals surface area contributed by atoms with Crippen LogP contribution in [0.1, 0.15) is 25.6 Å². The summed E-state index contributed by atoms with van der Waals surface area (Å²) in [4.78, 5) is 1.30. The normalized spacial score (nSPS) is 14.2. The lowest BCUT2D eigenvalue weighted by Gasteiger charge is -2.26. The molecule has 2 aromatic rings. The van der Waals surface area contributed by atoms with E-state index in [9.17, 15) is 0 Å². The Morgan fingerprint density at radius 2 is 2.00 bits per heavy atom. The van der Waals surface area contributed by atoms with E-state index < -0.39 is 0 Å². The zero-order valence-electron chi connectivity index (χ0n) is 10.0. The third-order valence-electron chi connectivity index (χ3n) is 2.98. The van der Waals surface area contributed by atoms with E-state index in [1.807, 2.05) is 6.07 Å². The van der Waals surface area contributed by atoms with Crippen molar-refractivity contribution in [3.8, 4) is 0 Å². The monoisotopic (exact) mass is 234 g/mol. The molecule has 0 bridgehead atoms. The van der Waals surface area contributed by atoms with Crippen LogP contribution in [-0.4, -0.2) is 10.4 Å². The number of nitrogens with two attached hydrogens (primary N) is 1. The van der Waals surface area contributed by atoms with Gasteiger partial charge in [0.05, 0.1) is 5.52 Å². The van der Waals surface area contributed by atoms with E-state index in [1.54, 1.807) is 11.5 Å². The lowest BCUT2D eigenvalue weighted by atomic mass is 9.85. The van der Waals surface area contributed by atoms with Gasteiger partial charge in [0.1, 0.15) is 0 Å². The smallest absolute Gasteiger partial charge is 0.0843 e. The molecule has 0 aliphatic rings. The number of hydrogen-bond acceptors (Lipinski definition) is 3. The van der Waals surface area contributed by atoms with E-state index in [0.717, 1.165) is 11.9 Å². The highest BCUT2D eigenvalue weighted by Crippen LogP contribution is 2.27. The first-order valence-corrected chi connectivity index (χ1v) is 6.34. The second kappa shape index (κ2) is 4.15. The second-order valence-corrected chi connectivity index (χ2v) is 6.16. The molecule has 16 heavy (non-hydrogen) atoms. The van der Waals surface area contributed by atoms with Crippen molar-refractivity contribution in [2.45, 2.75) is 33.2 Å². The number of benzene rings is 1. The van der Waals surface area contributed by atoms with Crippen LogP contribution in [0.15, 0.2) is 24.3 Å². The molecule has 0 saturated carbocycles. The van der Waals surface area contributed by atoms with E-state index in [1.165, 1.54) is 10.3 Å². The van der Waals surface area contributed by atoms with Crippen LogP contribution in [0.3, 0.4) is 0 Å². The Morgan fingerprint density at radius 3 is 2.69 bits per heavy atom. The minimum absolute atomic E-state index is 0.144. The largest absolute Gasteiger partial charge is 0.327 e. The maximum Gasteiger partial charge on any atom is 0.0843 e. The molecule has 0 saturated heterocycles. The molecule has 1 aromatic carbocycles. The Bertz CT molecular complexity index is 482. The minimum Gasteiger partial charge on any atom is -0.327 e. The van der Waals surface area contributed by atoms with Crippen LogP contribution in [0.25, 0.3) is 10.9 Å². The van der Waals surface area contributed by atoms with Crippen LogP contribution >= 0.6 is 11.5 Å². The van der Waals surface area contributed by atoms with Gasteiger partial charge in [-0.25, -0.2) is 0 Å². The lowest BCUT2D eigenvalue weighted by molar-refractivity contribution is 0.320. The molecule has 0 aliphatic carbocycles. The first-order valence-electron chi connectivity index (χ1n) is 5.57. The first kappa shape index (κ1) is 11.6. The summed E-state index contributed by atoms with van der Waals surface area (Å²) in [7, 11) is 0. The average Bonchev–Trinajstić information content (AvgIpc) is 2.61. The molecule has 0 radical (unpaired) electrons. The van der Waals surface area contributed by atoms with Crippen molar-refractivity contribution >= 4 is 22.4 Å². The van der Waals surface area contributed by atoms with Crippen molar-refractivity contribution in [1.29, 1.82) is 0 Å². The Labute approximate surface area is 101 Å². The van der Waals surface area contributed by atoms with Crippen LogP contribution < -0.4 is 5.73 Å². The van der Waals surface area contributed by atoms with Gasteiger partial charge in [0.25, 0.3) is 0 Å². The number of hydrogen-bond donors (Lipinski definition) is 1. The summed E-state index contributed by atoms with van der Waals surface area (Å²) in [5.41, 5.74) is 7.44. The summed E-state index contributed by atoms with van der Waals surface area (Å²) in [5.74, 6) is 0. The fourth-order valence-electron chi connectivity index (χ4n) is 1.60. The highest BCUT2D eigenvalue weighted by Gasteiger charge is 2.22. The van der Waals surface area contributed by atoms with Gasteiger partial charge in [0.15, 0.2) is 0 Å². The predicted octanol–water partition coefficient (Wildman–Crippen LogP) is 3.21. The lowest BCUT2D eigenvalue weighted by Crippen LogP contribution is -2.36. The maximum atomic E-state index is 6.21. The van der Waals surface area contributed by atoms with Gasteiger partial charge in [-0.05, 0) is 29.4 Å². The SMILES string of the molecule is CC(C)(C)C(N)Cc1snc2ccccc12. The highest BCUT2D eigenvalue weighted by atomic mass is 32.1. The van der Waals surface area contributed by atoms with E-state index in [2.05, 4.69) is 43.3 Å². The molecule has 2 N–H and O–H groups in total. The van der Waals surface area contributed by atoms with Crippen LogP contribution in [-0.2, 0) is 6.42 Å². The zero-order valence-corrected chi connectivity index (χ0v) is 10.8. The molecule has 1 aromatic heterocycles. The summed E-state index contributed by atoms with van der Waals surface area (Å²) in [6.07, 6.45) is 0.911. The van der Waals surface area contributed by atoms with Crippen LogP contribution in [0, 0.1) is 5.41 Å². The van der Waals surface area contributed by atoms with Gasteiger partial charge in [0.2, 0.25) is 0 Å². The molecular weight excluding hydrogens is 216 g/mol. The summed E-state index contributed by atoms with van der Waals surface area (Å²) in [6.45, 7) is 6.54. The molecular formula is C13H18N2S. The van der Waals surface area contributed by atoms with Crippen molar-refractivity contribution in [3.05, 3.63) is 29.1 Å². The number of fused-ring (bicyclic) bond motifs is 1. The summed E-state index contributed by atoms with van der Waals surface area (Å²) < 4.78 is 4.44. The molecule has 2 rings (SSSR count). The Hall–Kier alpha value is -0.930. The predicted molar refractivity (Wildman–Crippen MR) is 70.8 cm³/mol. The van der Waals surface area contributed by atoms with Crippen LogP contribution in [0.4, 0.5) is 0 Å². The van der Waals surface area contributed by atoms with Gasteiger partial charge < -0.3 is 5.73 Å². The Kier molecular flexibility index (Phi) is 3.00. The highest BCUT2D eigenvalue weighted by molar-refractivity contribution is 7.07. The Morgan fingerprint density at radius 1 is 1.31 bits per heavy atom. The maximum absolute atomic E-state index is 6.21. The topological polar surface area (TPSA) is 38.9 Å². The number of aromatic nitrogens is 1. The standard InChI is InChI=1S/C13H18N2S/c1-13(2,3)12(14)8-11-9-6-4-5-7-10(9)15-16-11/h4-7,12H,8,14H2,1-3H3.